The minimum absolute atomic E-state index is 0.0998. The van der Waals surface area contributed by atoms with Gasteiger partial charge in [-0.3, -0.25) is 9.69 Å². The summed E-state index contributed by atoms with van der Waals surface area (Å²) in [6, 6.07) is 19.8. The third-order valence-electron chi connectivity index (χ3n) is 7.67. The number of benzene rings is 2. The predicted octanol–water partition coefficient (Wildman–Crippen LogP) is 5.47. The van der Waals surface area contributed by atoms with Gasteiger partial charge in [-0.2, -0.15) is 0 Å². The van der Waals surface area contributed by atoms with E-state index >= 15 is 0 Å². The van der Waals surface area contributed by atoms with Crippen LogP contribution < -0.4 is 5.73 Å². The highest BCUT2D eigenvalue weighted by molar-refractivity contribution is 5.90. The number of nitrogens with zero attached hydrogens (tertiary/aromatic N) is 1. The van der Waals surface area contributed by atoms with Crippen molar-refractivity contribution in [3.63, 3.8) is 0 Å². The first kappa shape index (κ1) is 25.1. The maximum Gasteiger partial charge on any atom is 0.232 e. The molecule has 1 amide bonds. The Morgan fingerprint density at radius 3 is 2.20 bits per heavy atom. The van der Waals surface area contributed by atoms with Crippen molar-refractivity contribution in [3.05, 3.63) is 95.5 Å². The van der Waals surface area contributed by atoms with Gasteiger partial charge in [-0.1, -0.05) is 67.6 Å². The van der Waals surface area contributed by atoms with Crippen molar-refractivity contribution in [1.29, 1.82) is 0 Å². The summed E-state index contributed by atoms with van der Waals surface area (Å²) in [6.07, 6.45) is 6.89. The third kappa shape index (κ3) is 5.46. The highest BCUT2D eigenvalue weighted by Gasteiger charge is 2.43. The first-order chi connectivity index (χ1) is 16.7. The maximum atomic E-state index is 13.1. The molecule has 35 heavy (non-hydrogen) atoms. The molecule has 0 radical (unpaired) electrons. The number of likely N-dealkylation sites (tertiary alicyclic amines) is 1. The minimum atomic E-state index is -0.887. The predicted molar refractivity (Wildman–Crippen MR) is 140 cm³/mol. The zero-order valence-electron chi connectivity index (χ0n) is 21.1. The van der Waals surface area contributed by atoms with Gasteiger partial charge in [0, 0.05) is 31.1 Å². The quantitative estimate of drug-likeness (QED) is 0.505. The van der Waals surface area contributed by atoms with Crippen molar-refractivity contribution >= 4 is 5.91 Å². The highest BCUT2D eigenvalue weighted by atomic mass is 16.5. The van der Waals surface area contributed by atoms with Gasteiger partial charge in [0.25, 0.3) is 0 Å². The molecule has 2 aromatic rings. The Labute approximate surface area is 209 Å². The SMILES string of the molecule is CC1C=C(O)C=C(O[C@H]2CCN(C(C)(C)CCC(C(N)=O)(c3ccccc3)c3ccccc3)C2)C1. The van der Waals surface area contributed by atoms with E-state index in [9.17, 15) is 9.90 Å². The van der Waals surface area contributed by atoms with Crippen molar-refractivity contribution < 1.29 is 14.6 Å². The number of hydrogen-bond acceptors (Lipinski definition) is 4. The summed E-state index contributed by atoms with van der Waals surface area (Å²) in [6.45, 7) is 8.33. The normalized spacial score (nSPS) is 21.3. The lowest BCUT2D eigenvalue weighted by molar-refractivity contribution is -0.122. The number of rotatable bonds is 9. The molecule has 0 saturated carbocycles. The average Bonchev–Trinajstić information content (AvgIpc) is 3.29. The van der Waals surface area contributed by atoms with Crippen LogP contribution in [0.25, 0.3) is 0 Å². The number of carbonyl (C=O) groups excluding carboxylic acids is 1. The summed E-state index contributed by atoms with van der Waals surface area (Å²) in [5, 5.41) is 9.94. The maximum absolute atomic E-state index is 13.1. The van der Waals surface area contributed by atoms with Crippen LogP contribution in [0.5, 0.6) is 0 Å². The lowest BCUT2D eigenvalue weighted by Gasteiger charge is -2.40. The molecule has 1 heterocycles. The van der Waals surface area contributed by atoms with E-state index in [-0.39, 0.29) is 23.5 Å². The summed E-state index contributed by atoms with van der Waals surface area (Å²) in [5.74, 6) is 1.11. The number of primary amides is 1. The Bertz CT molecular complexity index is 1040. The van der Waals surface area contributed by atoms with E-state index in [1.165, 1.54) is 0 Å². The van der Waals surface area contributed by atoms with E-state index < -0.39 is 5.41 Å². The van der Waals surface area contributed by atoms with Crippen molar-refractivity contribution in [2.45, 2.75) is 63.5 Å². The molecule has 186 valence electrons. The van der Waals surface area contributed by atoms with E-state index in [1.54, 1.807) is 6.08 Å². The lowest BCUT2D eigenvalue weighted by atomic mass is 9.69. The van der Waals surface area contributed by atoms with Gasteiger partial charge in [0.1, 0.15) is 17.6 Å². The molecule has 0 aromatic heterocycles. The van der Waals surface area contributed by atoms with E-state index in [4.69, 9.17) is 10.5 Å². The third-order valence-corrected chi connectivity index (χ3v) is 7.67. The molecule has 1 aliphatic heterocycles. The number of ether oxygens (including phenoxy) is 1. The summed E-state index contributed by atoms with van der Waals surface area (Å²) in [5.41, 5.74) is 7.00. The molecule has 1 saturated heterocycles. The van der Waals surface area contributed by atoms with Crippen molar-refractivity contribution in [2.24, 2.45) is 11.7 Å². The van der Waals surface area contributed by atoms with Crippen LogP contribution in [0.4, 0.5) is 0 Å². The van der Waals surface area contributed by atoms with Crippen molar-refractivity contribution in [2.75, 3.05) is 13.1 Å². The highest BCUT2D eigenvalue weighted by Crippen LogP contribution is 2.40. The van der Waals surface area contributed by atoms with Gasteiger partial charge in [0.15, 0.2) is 0 Å². The fraction of sp³-hybridized carbons (Fsp3) is 0.433. The topological polar surface area (TPSA) is 75.8 Å². The number of aliphatic hydroxyl groups is 1. The van der Waals surface area contributed by atoms with E-state index in [0.717, 1.165) is 49.2 Å². The molecule has 2 aromatic carbocycles. The second kappa shape index (κ2) is 10.3. The minimum Gasteiger partial charge on any atom is -0.508 e. The van der Waals surface area contributed by atoms with Gasteiger partial charge in [0.05, 0.1) is 5.41 Å². The molecule has 5 nitrogen and oxygen atoms in total. The lowest BCUT2D eigenvalue weighted by Crippen LogP contribution is -2.47. The van der Waals surface area contributed by atoms with Gasteiger partial charge < -0.3 is 15.6 Å². The fourth-order valence-corrected chi connectivity index (χ4v) is 5.57. The van der Waals surface area contributed by atoms with Crippen LogP contribution in [0.3, 0.4) is 0 Å². The second-order valence-electron chi connectivity index (χ2n) is 10.7. The van der Waals surface area contributed by atoms with Crippen molar-refractivity contribution in [1.82, 2.24) is 4.90 Å². The number of allylic oxidation sites excluding steroid dienone is 3. The van der Waals surface area contributed by atoms with Crippen LogP contribution >= 0.6 is 0 Å². The zero-order chi connectivity index (χ0) is 25.1. The van der Waals surface area contributed by atoms with Crippen LogP contribution in [0, 0.1) is 5.92 Å². The van der Waals surface area contributed by atoms with Crippen LogP contribution in [0.1, 0.15) is 57.6 Å². The van der Waals surface area contributed by atoms with Crippen LogP contribution in [-0.2, 0) is 14.9 Å². The Morgan fingerprint density at radius 1 is 1.06 bits per heavy atom. The van der Waals surface area contributed by atoms with Crippen molar-refractivity contribution in [3.8, 4) is 0 Å². The molecule has 1 unspecified atom stereocenters. The number of carbonyl (C=O) groups is 1. The van der Waals surface area contributed by atoms with Gasteiger partial charge in [0.2, 0.25) is 5.91 Å². The largest absolute Gasteiger partial charge is 0.508 e. The van der Waals surface area contributed by atoms with E-state index in [0.29, 0.717) is 12.2 Å². The van der Waals surface area contributed by atoms with Crippen LogP contribution in [0.15, 0.2) is 84.3 Å². The summed E-state index contributed by atoms with van der Waals surface area (Å²) < 4.78 is 6.29. The summed E-state index contributed by atoms with van der Waals surface area (Å²) in [4.78, 5) is 15.6. The zero-order valence-corrected chi connectivity index (χ0v) is 21.1. The molecule has 1 aliphatic carbocycles. The monoisotopic (exact) mass is 474 g/mol. The number of amides is 1. The molecule has 4 rings (SSSR count). The second-order valence-corrected chi connectivity index (χ2v) is 10.7. The molecule has 3 N–H and O–H groups in total. The molecular formula is C30H38N2O3. The van der Waals surface area contributed by atoms with E-state index in [1.807, 2.05) is 66.7 Å². The van der Waals surface area contributed by atoms with Gasteiger partial charge in [-0.25, -0.2) is 0 Å². The van der Waals surface area contributed by atoms with E-state index in [2.05, 4.69) is 25.7 Å². The van der Waals surface area contributed by atoms with Gasteiger partial charge in [-0.05, 0) is 56.2 Å². The standard InChI is InChI=1S/C30H38N2O3/c1-22-18-25(33)20-27(19-22)35-26-14-17-32(21-26)29(2,3)15-16-30(28(31)34,23-10-6-4-7-11-23)24-12-8-5-9-13-24/h4-13,18,20,22,26,33H,14-17,19,21H2,1-3H3,(H2,31,34)/t22?,26-/m0/s1. The summed E-state index contributed by atoms with van der Waals surface area (Å²) >= 11 is 0. The Balaban J connectivity index is 1.50. The molecule has 2 atom stereocenters. The molecule has 0 bridgehead atoms. The van der Waals surface area contributed by atoms with Crippen LogP contribution in [-0.4, -0.2) is 40.6 Å². The van der Waals surface area contributed by atoms with Gasteiger partial charge >= 0.3 is 0 Å². The Hall–Kier alpha value is -3.05. The number of nitrogens with two attached hydrogens (primary N) is 1. The number of aliphatic hydroxyl groups excluding tert-OH is 1. The smallest absolute Gasteiger partial charge is 0.232 e. The molecular weight excluding hydrogens is 436 g/mol. The molecule has 1 fully saturated rings. The first-order valence-corrected chi connectivity index (χ1v) is 12.6. The fourth-order valence-electron chi connectivity index (χ4n) is 5.57. The van der Waals surface area contributed by atoms with Gasteiger partial charge in [-0.15, -0.1) is 0 Å². The summed E-state index contributed by atoms with van der Waals surface area (Å²) in [7, 11) is 0. The number of hydrogen-bond donors (Lipinski definition) is 2. The molecule has 5 heteroatoms. The Kier molecular flexibility index (Phi) is 7.36. The van der Waals surface area contributed by atoms with Crippen LogP contribution in [0.2, 0.25) is 0 Å². The average molecular weight is 475 g/mol. The molecule has 2 aliphatic rings. The molecule has 0 spiro atoms. The first-order valence-electron chi connectivity index (χ1n) is 12.6. The Morgan fingerprint density at radius 2 is 1.66 bits per heavy atom.